The highest BCUT2D eigenvalue weighted by atomic mass is 35.5. The number of thioether (sulfide) groups is 1. The molecule has 7 nitrogen and oxygen atoms in total. The smallest absolute Gasteiger partial charge is 0.243 e. The SMILES string of the molecule is CSCC[C@@H](NS(=O)(=O)c1cc(Cl)ccc1Cl)C(=O)Nc1ccn(C)n1. The van der Waals surface area contributed by atoms with Crippen molar-refractivity contribution >= 4 is 56.7 Å². The van der Waals surface area contributed by atoms with Crippen LogP contribution in [0, 0.1) is 0 Å². The van der Waals surface area contributed by atoms with Gasteiger partial charge in [-0.3, -0.25) is 9.48 Å². The topological polar surface area (TPSA) is 93.1 Å². The fraction of sp³-hybridized carbons (Fsp3) is 0.333. The molecule has 142 valence electrons. The zero-order valence-electron chi connectivity index (χ0n) is 14.1. The number of aromatic nitrogens is 2. The molecule has 0 fully saturated rings. The van der Waals surface area contributed by atoms with Crippen molar-refractivity contribution in [3.8, 4) is 0 Å². The molecule has 11 heteroatoms. The molecule has 0 aliphatic rings. The van der Waals surface area contributed by atoms with Crippen molar-refractivity contribution < 1.29 is 13.2 Å². The molecule has 1 atom stereocenters. The number of amides is 1. The van der Waals surface area contributed by atoms with Gasteiger partial charge in [0.2, 0.25) is 15.9 Å². The number of hydrogen-bond acceptors (Lipinski definition) is 5. The van der Waals surface area contributed by atoms with Crippen molar-refractivity contribution in [1.82, 2.24) is 14.5 Å². The van der Waals surface area contributed by atoms with Crippen LogP contribution in [-0.2, 0) is 21.9 Å². The monoisotopic (exact) mass is 436 g/mol. The molecule has 0 bridgehead atoms. The van der Waals surface area contributed by atoms with Crippen LogP contribution >= 0.6 is 35.0 Å². The van der Waals surface area contributed by atoms with Crippen molar-refractivity contribution in [2.75, 3.05) is 17.3 Å². The Bertz CT molecular complexity index is 887. The van der Waals surface area contributed by atoms with E-state index in [0.29, 0.717) is 18.0 Å². The molecule has 2 rings (SSSR count). The zero-order valence-corrected chi connectivity index (χ0v) is 17.2. The van der Waals surface area contributed by atoms with Gasteiger partial charge in [0, 0.05) is 24.3 Å². The molecule has 0 unspecified atom stereocenters. The summed E-state index contributed by atoms with van der Waals surface area (Å²) in [5.74, 6) is 0.428. The largest absolute Gasteiger partial charge is 0.308 e. The quantitative estimate of drug-likeness (QED) is 0.663. The molecule has 1 aromatic heterocycles. The number of nitrogens with zero attached hydrogens (tertiary/aromatic N) is 2. The van der Waals surface area contributed by atoms with Crippen LogP contribution < -0.4 is 10.0 Å². The average molecular weight is 437 g/mol. The minimum atomic E-state index is -4.04. The summed E-state index contributed by atoms with van der Waals surface area (Å²) in [5, 5.41) is 6.92. The van der Waals surface area contributed by atoms with Crippen LogP contribution in [0.1, 0.15) is 6.42 Å². The third-order valence-electron chi connectivity index (χ3n) is 3.37. The average Bonchev–Trinajstić information content (AvgIpc) is 2.98. The van der Waals surface area contributed by atoms with Gasteiger partial charge in [0.15, 0.2) is 5.82 Å². The third-order valence-corrected chi connectivity index (χ3v) is 6.20. The molecule has 2 aromatic rings. The fourth-order valence-electron chi connectivity index (χ4n) is 2.11. The number of hydrogen-bond donors (Lipinski definition) is 2. The second-order valence-corrected chi connectivity index (χ2v) is 8.91. The lowest BCUT2D eigenvalue weighted by Gasteiger charge is -2.18. The summed E-state index contributed by atoms with van der Waals surface area (Å²) in [6, 6.07) is 4.76. The highest BCUT2D eigenvalue weighted by Crippen LogP contribution is 2.25. The minimum absolute atomic E-state index is 0.0238. The first-order valence-electron chi connectivity index (χ1n) is 7.50. The van der Waals surface area contributed by atoms with Gasteiger partial charge in [-0.25, -0.2) is 8.42 Å². The number of sulfonamides is 1. The van der Waals surface area contributed by atoms with Crippen molar-refractivity contribution in [3.05, 3.63) is 40.5 Å². The molecule has 0 radical (unpaired) electrons. The van der Waals surface area contributed by atoms with Crippen molar-refractivity contribution in [3.63, 3.8) is 0 Å². The number of anilines is 1. The zero-order chi connectivity index (χ0) is 19.3. The Labute approximate surface area is 166 Å². The van der Waals surface area contributed by atoms with Crippen LogP contribution in [0.4, 0.5) is 5.82 Å². The second-order valence-electron chi connectivity index (χ2n) is 5.39. The Morgan fingerprint density at radius 3 is 2.69 bits per heavy atom. The number of benzene rings is 1. The number of carbonyl (C=O) groups excluding carboxylic acids is 1. The Kier molecular flexibility index (Phi) is 7.36. The van der Waals surface area contributed by atoms with Gasteiger partial charge < -0.3 is 5.32 Å². The van der Waals surface area contributed by atoms with Gasteiger partial charge in [0.1, 0.15) is 10.9 Å². The van der Waals surface area contributed by atoms with E-state index in [4.69, 9.17) is 23.2 Å². The van der Waals surface area contributed by atoms with Crippen LogP contribution in [0.25, 0.3) is 0 Å². The lowest BCUT2D eigenvalue weighted by molar-refractivity contribution is -0.117. The number of rotatable bonds is 8. The summed E-state index contributed by atoms with van der Waals surface area (Å²) < 4.78 is 29.3. The first-order chi connectivity index (χ1) is 12.2. The van der Waals surface area contributed by atoms with E-state index < -0.39 is 22.0 Å². The summed E-state index contributed by atoms with van der Waals surface area (Å²) in [5.41, 5.74) is 0. The molecule has 0 aliphatic heterocycles. The van der Waals surface area contributed by atoms with Gasteiger partial charge in [-0.1, -0.05) is 23.2 Å². The Hall–Kier alpha value is -1.26. The molecule has 1 aromatic carbocycles. The molecule has 1 amide bonds. The number of halogens is 2. The minimum Gasteiger partial charge on any atom is -0.308 e. The lowest BCUT2D eigenvalue weighted by atomic mass is 10.2. The van der Waals surface area contributed by atoms with Crippen LogP contribution in [0.2, 0.25) is 10.0 Å². The van der Waals surface area contributed by atoms with Crippen molar-refractivity contribution in [2.45, 2.75) is 17.4 Å². The van der Waals surface area contributed by atoms with Crippen molar-refractivity contribution in [2.24, 2.45) is 7.05 Å². The molecule has 26 heavy (non-hydrogen) atoms. The molecular weight excluding hydrogens is 419 g/mol. The third kappa shape index (κ3) is 5.62. The second kappa shape index (κ2) is 9.09. The molecule has 2 N–H and O–H groups in total. The molecule has 0 aliphatic carbocycles. The maximum absolute atomic E-state index is 12.7. The van der Waals surface area contributed by atoms with E-state index in [1.165, 1.54) is 34.6 Å². The summed E-state index contributed by atoms with van der Waals surface area (Å²) in [7, 11) is -2.32. The normalized spacial score (nSPS) is 12.8. The van der Waals surface area contributed by atoms with Gasteiger partial charge in [-0.2, -0.15) is 21.6 Å². The highest BCUT2D eigenvalue weighted by molar-refractivity contribution is 7.98. The van der Waals surface area contributed by atoms with E-state index in [-0.39, 0.29) is 14.9 Å². The van der Waals surface area contributed by atoms with Crippen LogP contribution in [-0.4, -0.2) is 42.2 Å². The van der Waals surface area contributed by atoms with Crippen LogP contribution in [0.15, 0.2) is 35.4 Å². The van der Waals surface area contributed by atoms with E-state index in [9.17, 15) is 13.2 Å². The van der Waals surface area contributed by atoms with E-state index >= 15 is 0 Å². The highest BCUT2D eigenvalue weighted by Gasteiger charge is 2.27. The summed E-state index contributed by atoms with van der Waals surface area (Å²) in [6.07, 6.45) is 3.84. The summed E-state index contributed by atoms with van der Waals surface area (Å²) >= 11 is 13.4. The maximum atomic E-state index is 12.7. The van der Waals surface area contributed by atoms with E-state index in [1.54, 1.807) is 19.3 Å². The predicted molar refractivity (Wildman–Crippen MR) is 105 cm³/mol. The van der Waals surface area contributed by atoms with Crippen LogP contribution in [0.3, 0.4) is 0 Å². The molecule has 0 saturated heterocycles. The van der Waals surface area contributed by atoms with Gasteiger partial charge in [-0.05, 0) is 36.6 Å². The van der Waals surface area contributed by atoms with Gasteiger partial charge in [0.25, 0.3) is 0 Å². The molecular formula is C15H18Cl2N4O3S2. The number of carbonyl (C=O) groups is 1. The van der Waals surface area contributed by atoms with E-state index in [2.05, 4.69) is 15.1 Å². The Morgan fingerprint density at radius 1 is 1.35 bits per heavy atom. The Morgan fingerprint density at radius 2 is 2.08 bits per heavy atom. The Balaban J connectivity index is 2.22. The predicted octanol–water partition coefficient (Wildman–Crippen LogP) is 2.77. The number of nitrogens with one attached hydrogen (secondary N) is 2. The van der Waals surface area contributed by atoms with Gasteiger partial charge in [0.05, 0.1) is 5.02 Å². The summed E-state index contributed by atoms with van der Waals surface area (Å²) in [4.78, 5) is 12.4. The molecule has 0 saturated carbocycles. The maximum Gasteiger partial charge on any atom is 0.243 e. The van der Waals surface area contributed by atoms with E-state index in [1.807, 2.05) is 6.26 Å². The molecule has 0 spiro atoms. The van der Waals surface area contributed by atoms with Gasteiger partial charge >= 0.3 is 0 Å². The first-order valence-corrected chi connectivity index (χ1v) is 11.1. The van der Waals surface area contributed by atoms with Gasteiger partial charge in [-0.15, -0.1) is 0 Å². The summed E-state index contributed by atoms with van der Waals surface area (Å²) in [6.45, 7) is 0. The lowest BCUT2D eigenvalue weighted by Crippen LogP contribution is -2.44. The molecule has 1 heterocycles. The van der Waals surface area contributed by atoms with E-state index in [0.717, 1.165) is 0 Å². The standard InChI is InChI=1S/C15H18Cl2N4O3S2/c1-21-7-5-14(19-21)18-15(22)12(6-8-25-2)20-26(23,24)13-9-10(16)3-4-11(13)17/h3-5,7,9,12,20H,6,8H2,1-2H3,(H,18,19,22)/t12-/m1/s1. The van der Waals surface area contributed by atoms with Crippen LogP contribution in [0.5, 0.6) is 0 Å². The fourth-order valence-corrected chi connectivity index (χ4v) is 4.57. The first kappa shape index (κ1) is 21.0. The van der Waals surface area contributed by atoms with Crippen molar-refractivity contribution in [1.29, 1.82) is 0 Å². The number of aryl methyl sites for hydroxylation is 1.